The molecule has 1 aliphatic heterocycles. The predicted molar refractivity (Wildman–Crippen MR) is 122 cm³/mol. The summed E-state index contributed by atoms with van der Waals surface area (Å²) in [5, 5.41) is 0. The maximum absolute atomic E-state index is 12.2. The molecule has 2 aliphatic rings. The molecule has 1 aromatic heterocycles. The minimum atomic E-state index is -0.649. The van der Waals surface area contributed by atoms with Gasteiger partial charge in [-0.05, 0) is 67.5 Å². The van der Waals surface area contributed by atoms with E-state index in [1.165, 1.54) is 18.9 Å². The highest BCUT2D eigenvalue weighted by molar-refractivity contribution is 6.24. The maximum Gasteiger partial charge on any atom is 0.254 e. The number of likely N-dealkylation sites (tertiary alicyclic amines) is 1. The smallest absolute Gasteiger partial charge is 0.254 e. The number of H-pyrrole nitrogens is 1. The fourth-order valence-electron chi connectivity index (χ4n) is 3.96. The van der Waals surface area contributed by atoms with Crippen molar-refractivity contribution in [3.05, 3.63) is 60.2 Å². The van der Waals surface area contributed by atoms with Gasteiger partial charge in [0.05, 0.1) is 12.3 Å². The summed E-state index contributed by atoms with van der Waals surface area (Å²) in [6, 6.07) is 7.32. The maximum atomic E-state index is 12.2. The molecule has 0 atom stereocenters. The quantitative estimate of drug-likeness (QED) is 0.549. The average molecular weight is 436 g/mol. The van der Waals surface area contributed by atoms with Crippen LogP contribution in [-0.2, 0) is 9.59 Å². The zero-order valence-electron chi connectivity index (χ0n) is 18.0. The Morgan fingerprint density at radius 3 is 2.44 bits per heavy atom. The van der Waals surface area contributed by atoms with E-state index in [0.717, 1.165) is 30.9 Å². The molecular weight excluding hydrogens is 406 g/mol. The Labute approximate surface area is 187 Å². The van der Waals surface area contributed by atoms with E-state index in [-0.39, 0.29) is 23.1 Å². The zero-order valence-corrected chi connectivity index (χ0v) is 18.0. The number of nitrogens with two attached hydrogens (primary N) is 2. The van der Waals surface area contributed by atoms with Gasteiger partial charge in [0.1, 0.15) is 17.1 Å². The van der Waals surface area contributed by atoms with Crippen LogP contribution in [0.5, 0.6) is 5.75 Å². The van der Waals surface area contributed by atoms with Gasteiger partial charge in [-0.15, -0.1) is 0 Å². The molecule has 8 nitrogen and oxygen atoms in total. The van der Waals surface area contributed by atoms with E-state index in [0.29, 0.717) is 30.4 Å². The van der Waals surface area contributed by atoms with Crippen LogP contribution in [0.1, 0.15) is 48.7 Å². The fourth-order valence-corrected chi connectivity index (χ4v) is 3.96. The molecule has 4 rings (SSSR count). The van der Waals surface area contributed by atoms with Crippen LogP contribution in [0, 0.1) is 5.92 Å². The second-order valence-corrected chi connectivity index (χ2v) is 8.42. The monoisotopic (exact) mass is 435 g/mol. The largest absolute Gasteiger partial charge is 0.493 e. The molecule has 1 saturated carbocycles. The number of primary amides is 1. The van der Waals surface area contributed by atoms with Gasteiger partial charge in [0, 0.05) is 30.9 Å². The lowest BCUT2D eigenvalue weighted by Crippen LogP contribution is -2.36. The molecule has 0 radical (unpaired) electrons. The molecule has 1 aliphatic carbocycles. The summed E-state index contributed by atoms with van der Waals surface area (Å²) < 4.78 is 5.76. The second kappa shape index (κ2) is 9.30. The van der Waals surface area contributed by atoms with Gasteiger partial charge < -0.3 is 26.1 Å². The first-order valence-electron chi connectivity index (χ1n) is 11.0. The number of hydrogen-bond acceptors (Lipinski definition) is 5. The van der Waals surface area contributed by atoms with E-state index in [1.54, 1.807) is 11.1 Å². The summed E-state index contributed by atoms with van der Waals surface area (Å²) in [7, 11) is 0. The molecular formula is C24H29N5O3. The van der Waals surface area contributed by atoms with E-state index >= 15 is 0 Å². The van der Waals surface area contributed by atoms with E-state index in [4.69, 9.17) is 16.2 Å². The number of rotatable bonds is 8. The predicted octanol–water partition coefficient (Wildman–Crippen LogP) is 2.40. The number of nitrogens with zero attached hydrogens (tertiary/aromatic N) is 2. The van der Waals surface area contributed by atoms with Crippen molar-refractivity contribution in [2.75, 3.05) is 19.7 Å². The Hall–Kier alpha value is -3.55. The number of benzene rings is 1. The average Bonchev–Trinajstić information content (AvgIpc) is 3.53. The standard InChI is InChI=1S/C24H29N5O3/c1-2-20(30)29-11-9-16(10-12-29)19-13-27-24(28-19)21(23(26)31)22(25)17-5-7-18(8-6-17)32-14-15-3-4-15/h2,5-8,13,15-16H,1,3-4,9-12,14,25H2,(H2,26,31)(H,27,28). The van der Waals surface area contributed by atoms with Gasteiger partial charge in [0.2, 0.25) is 5.91 Å². The Morgan fingerprint density at radius 2 is 1.84 bits per heavy atom. The summed E-state index contributed by atoms with van der Waals surface area (Å²) in [5.41, 5.74) is 14.0. The fraction of sp³-hybridized carbons (Fsp3) is 0.375. The number of nitrogens with one attached hydrogen (secondary N) is 1. The number of piperidine rings is 1. The number of imidazole rings is 1. The molecule has 1 saturated heterocycles. The molecule has 8 heteroatoms. The molecule has 0 spiro atoms. The number of aromatic amines is 1. The van der Waals surface area contributed by atoms with Gasteiger partial charge in [0.15, 0.2) is 0 Å². The minimum Gasteiger partial charge on any atom is -0.493 e. The van der Waals surface area contributed by atoms with Gasteiger partial charge in [-0.2, -0.15) is 0 Å². The second-order valence-electron chi connectivity index (χ2n) is 8.42. The third kappa shape index (κ3) is 4.85. The molecule has 0 unspecified atom stereocenters. The third-order valence-electron chi connectivity index (χ3n) is 6.12. The Balaban J connectivity index is 1.49. The minimum absolute atomic E-state index is 0.0515. The number of ether oxygens (including phenoxy) is 1. The zero-order chi connectivity index (χ0) is 22.7. The van der Waals surface area contributed by atoms with E-state index in [9.17, 15) is 9.59 Å². The molecule has 32 heavy (non-hydrogen) atoms. The Kier molecular flexibility index (Phi) is 6.30. The lowest BCUT2D eigenvalue weighted by Gasteiger charge is -2.30. The topological polar surface area (TPSA) is 127 Å². The molecule has 168 valence electrons. The van der Waals surface area contributed by atoms with E-state index in [1.807, 2.05) is 24.3 Å². The third-order valence-corrected chi connectivity index (χ3v) is 6.12. The van der Waals surface area contributed by atoms with Crippen LogP contribution in [0.4, 0.5) is 0 Å². The Morgan fingerprint density at radius 1 is 1.16 bits per heavy atom. The molecule has 2 fully saturated rings. The number of hydrogen-bond donors (Lipinski definition) is 3. The van der Waals surface area contributed by atoms with Gasteiger partial charge in [0.25, 0.3) is 5.91 Å². The molecule has 2 amide bonds. The highest BCUT2D eigenvalue weighted by Crippen LogP contribution is 2.31. The SMILES string of the molecule is C=CC(=O)N1CCC(c2cnc(C(C(N)=O)=C(N)c3ccc(OCC4CC4)cc3)[nH]2)CC1. The van der Waals surface area contributed by atoms with Crippen LogP contribution >= 0.6 is 0 Å². The first-order valence-corrected chi connectivity index (χ1v) is 11.0. The molecule has 2 heterocycles. The van der Waals surface area contributed by atoms with Gasteiger partial charge in [-0.25, -0.2) is 4.98 Å². The van der Waals surface area contributed by atoms with Crippen molar-refractivity contribution >= 4 is 23.1 Å². The van der Waals surface area contributed by atoms with Crippen LogP contribution in [0.2, 0.25) is 0 Å². The number of amides is 2. The van der Waals surface area contributed by atoms with Gasteiger partial charge >= 0.3 is 0 Å². The van der Waals surface area contributed by atoms with E-state index in [2.05, 4.69) is 16.5 Å². The number of carbonyl (C=O) groups is 2. The lowest BCUT2D eigenvalue weighted by molar-refractivity contribution is -0.127. The summed E-state index contributed by atoms with van der Waals surface area (Å²) >= 11 is 0. The van der Waals surface area contributed by atoms with Crippen LogP contribution in [-0.4, -0.2) is 46.4 Å². The Bertz CT molecular complexity index is 1030. The molecule has 1 aromatic carbocycles. The van der Waals surface area contributed by atoms with Crippen LogP contribution in [0.3, 0.4) is 0 Å². The van der Waals surface area contributed by atoms with Gasteiger partial charge in [-0.3, -0.25) is 9.59 Å². The van der Waals surface area contributed by atoms with E-state index < -0.39 is 5.91 Å². The number of carbonyl (C=O) groups excluding carboxylic acids is 2. The highest BCUT2D eigenvalue weighted by Gasteiger charge is 2.26. The first kappa shape index (κ1) is 21.7. The lowest BCUT2D eigenvalue weighted by atomic mass is 9.94. The molecule has 5 N–H and O–H groups in total. The van der Waals surface area contributed by atoms with Crippen molar-refractivity contribution in [2.45, 2.75) is 31.6 Å². The van der Waals surface area contributed by atoms with Crippen molar-refractivity contribution in [1.29, 1.82) is 0 Å². The van der Waals surface area contributed by atoms with Crippen LogP contribution < -0.4 is 16.2 Å². The number of aromatic nitrogens is 2. The van der Waals surface area contributed by atoms with Crippen molar-refractivity contribution in [3.63, 3.8) is 0 Å². The van der Waals surface area contributed by atoms with Crippen molar-refractivity contribution in [3.8, 4) is 5.75 Å². The van der Waals surface area contributed by atoms with Gasteiger partial charge in [-0.1, -0.05) is 6.58 Å². The van der Waals surface area contributed by atoms with Crippen LogP contribution in [0.25, 0.3) is 11.3 Å². The van der Waals surface area contributed by atoms with Crippen molar-refractivity contribution < 1.29 is 14.3 Å². The normalized spacial score (nSPS) is 17.6. The van der Waals surface area contributed by atoms with Crippen molar-refractivity contribution in [2.24, 2.45) is 17.4 Å². The first-order chi connectivity index (χ1) is 15.5. The summed E-state index contributed by atoms with van der Waals surface area (Å²) in [6.45, 7) is 5.58. The van der Waals surface area contributed by atoms with Crippen LogP contribution in [0.15, 0.2) is 43.1 Å². The summed E-state index contributed by atoms with van der Waals surface area (Å²) in [5.74, 6) is 1.31. The summed E-state index contributed by atoms with van der Waals surface area (Å²) in [4.78, 5) is 33.4. The van der Waals surface area contributed by atoms with Crippen molar-refractivity contribution in [1.82, 2.24) is 14.9 Å². The molecule has 0 bridgehead atoms. The summed E-state index contributed by atoms with van der Waals surface area (Å²) in [6.07, 6.45) is 7.12. The molecule has 2 aromatic rings. The highest BCUT2D eigenvalue weighted by atomic mass is 16.5.